The van der Waals surface area contributed by atoms with Crippen LogP contribution >= 0.6 is 11.8 Å². The Bertz CT molecular complexity index is 511. The molecule has 1 aromatic carbocycles. The molecule has 0 spiro atoms. The minimum absolute atomic E-state index is 0.318. The van der Waals surface area contributed by atoms with Gasteiger partial charge in [-0.3, -0.25) is 0 Å². The van der Waals surface area contributed by atoms with E-state index in [2.05, 4.69) is 10.0 Å². The van der Waals surface area contributed by atoms with Gasteiger partial charge in [0.2, 0.25) is 10.0 Å². The van der Waals surface area contributed by atoms with Gasteiger partial charge in [0.25, 0.3) is 0 Å². The average Bonchev–Trinajstić information content (AvgIpc) is 2.46. The van der Waals surface area contributed by atoms with Crippen LogP contribution in [-0.4, -0.2) is 33.0 Å². The molecule has 0 saturated carbocycles. The number of thioether (sulfide) groups is 1. The summed E-state index contributed by atoms with van der Waals surface area (Å²) in [6, 6.07) is 6.96. The molecule has 0 aliphatic carbocycles. The van der Waals surface area contributed by atoms with Gasteiger partial charge >= 0.3 is 0 Å². The molecular weight excluding hydrogens is 280 g/mol. The number of hydrogen-bond donors (Lipinski definition) is 2. The lowest BCUT2D eigenvalue weighted by molar-refractivity contribution is 0.574. The fourth-order valence-corrected chi connectivity index (χ4v) is 4.79. The second-order valence-electron chi connectivity index (χ2n) is 4.59. The zero-order valence-electron chi connectivity index (χ0n) is 11.1. The van der Waals surface area contributed by atoms with Crippen molar-refractivity contribution >= 4 is 27.5 Å². The molecule has 1 aliphatic heterocycles. The third-order valence-corrected chi connectivity index (χ3v) is 6.10. The van der Waals surface area contributed by atoms with E-state index < -0.39 is 10.0 Å². The van der Waals surface area contributed by atoms with Crippen LogP contribution in [0.2, 0.25) is 0 Å². The molecule has 4 nitrogen and oxygen atoms in total. The van der Waals surface area contributed by atoms with Gasteiger partial charge in [-0.15, -0.1) is 0 Å². The number of para-hydroxylation sites is 1. The Morgan fingerprint density at radius 2 is 2.11 bits per heavy atom. The molecule has 1 aromatic rings. The van der Waals surface area contributed by atoms with Gasteiger partial charge in [0.1, 0.15) is 4.90 Å². The van der Waals surface area contributed by atoms with Crippen molar-refractivity contribution in [3.63, 3.8) is 0 Å². The summed E-state index contributed by atoms with van der Waals surface area (Å²) in [6.45, 7) is 0.519. The van der Waals surface area contributed by atoms with E-state index in [1.54, 1.807) is 25.2 Å². The number of anilines is 1. The first-order valence-corrected chi connectivity index (χ1v) is 9.05. The van der Waals surface area contributed by atoms with E-state index in [1.165, 1.54) is 12.8 Å². The summed E-state index contributed by atoms with van der Waals surface area (Å²) in [5, 5.41) is 3.32. The first-order valence-electron chi connectivity index (χ1n) is 6.51. The molecule has 0 bridgehead atoms. The van der Waals surface area contributed by atoms with Crippen LogP contribution < -0.4 is 10.0 Å². The van der Waals surface area contributed by atoms with Gasteiger partial charge in [-0.05, 0) is 30.7 Å². The van der Waals surface area contributed by atoms with Crippen LogP contribution in [0, 0.1) is 0 Å². The molecule has 1 heterocycles. The second kappa shape index (κ2) is 6.63. The van der Waals surface area contributed by atoms with Gasteiger partial charge in [0.15, 0.2) is 0 Å². The van der Waals surface area contributed by atoms with Crippen LogP contribution in [0.15, 0.2) is 29.2 Å². The van der Waals surface area contributed by atoms with Crippen molar-refractivity contribution in [1.82, 2.24) is 4.72 Å². The molecular formula is C13H20N2O2S2. The topological polar surface area (TPSA) is 58.2 Å². The normalized spacial score (nSPS) is 20.2. The molecule has 106 valence electrons. The number of rotatable bonds is 5. The first-order chi connectivity index (χ1) is 9.13. The Labute approximate surface area is 119 Å². The van der Waals surface area contributed by atoms with Crippen molar-refractivity contribution in [2.45, 2.75) is 29.4 Å². The van der Waals surface area contributed by atoms with Crippen LogP contribution in [0.25, 0.3) is 0 Å². The first kappa shape index (κ1) is 14.7. The molecule has 1 saturated heterocycles. The van der Waals surface area contributed by atoms with E-state index in [-0.39, 0.29) is 0 Å². The summed E-state index contributed by atoms with van der Waals surface area (Å²) in [6.07, 6.45) is 3.55. The summed E-state index contributed by atoms with van der Waals surface area (Å²) in [5.41, 5.74) is 0.631. The van der Waals surface area contributed by atoms with Gasteiger partial charge in [-0.2, -0.15) is 11.8 Å². The molecule has 19 heavy (non-hydrogen) atoms. The van der Waals surface area contributed by atoms with Gasteiger partial charge in [-0.25, -0.2) is 13.1 Å². The zero-order valence-corrected chi connectivity index (χ0v) is 12.7. The molecule has 1 fully saturated rings. The van der Waals surface area contributed by atoms with Gasteiger partial charge in [0, 0.05) is 18.8 Å². The molecule has 0 aromatic heterocycles. The summed E-state index contributed by atoms with van der Waals surface area (Å²) >= 11 is 1.87. The minimum Gasteiger partial charge on any atom is -0.387 e. The Morgan fingerprint density at radius 1 is 1.32 bits per heavy atom. The lowest BCUT2D eigenvalue weighted by Crippen LogP contribution is -2.32. The van der Waals surface area contributed by atoms with Crippen LogP contribution in [0.3, 0.4) is 0 Å². The van der Waals surface area contributed by atoms with E-state index in [0.717, 1.165) is 12.2 Å². The highest BCUT2D eigenvalue weighted by Crippen LogP contribution is 2.25. The predicted molar refractivity (Wildman–Crippen MR) is 81.3 cm³/mol. The van der Waals surface area contributed by atoms with E-state index in [1.807, 2.05) is 17.8 Å². The van der Waals surface area contributed by atoms with Crippen LogP contribution in [0.5, 0.6) is 0 Å². The Hall–Kier alpha value is -0.720. The Balaban J connectivity index is 2.05. The quantitative estimate of drug-likeness (QED) is 0.876. The van der Waals surface area contributed by atoms with Crippen molar-refractivity contribution in [3.05, 3.63) is 24.3 Å². The predicted octanol–water partition coefficient (Wildman–Crippen LogP) is 2.29. The summed E-state index contributed by atoms with van der Waals surface area (Å²) in [4.78, 5) is 0.318. The molecule has 1 atom stereocenters. The smallest absolute Gasteiger partial charge is 0.242 e. The largest absolute Gasteiger partial charge is 0.387 e. The number of nitrogens with one attached hydrogen (secondary N) is 2. The maximum absolute atomic E-state index is 12.3. The molecule has 6 heteroatoms. The van der Waals surface area contributed by atoms with Crippen LogP contribution in [0.4, 0.5) is 5.69 Å². The van der Waals surface area contributed by atoms with E-state index in [4.69, 9.17) is 0 Å². The SMILES string of the molecule is CNc1ccccc1S(=O)(=O)NCC1CCCCS1. The second-order valence-corrected chi connectivity index (χ2v) is 7.73. The number of hydrogen-bond acceptors (Lipinski definition) is 4. The summed E-state index contributed by atoms with van der Waals surface area (Å²) in [7, 11) is -1.70. The van der Waals surface area contributed by atoms with E-state index >= 15 is 0 Å². The molecule has 0 radical (unpaired) electrons. The highest BCUT2D eigenvalue weighted by atomic mass is 32.2. The van der Waals surface area contributed by atoms with Gasteiger partial charge in [0.05, 0.1) is 5.69 Å². The lowest BCUT2D eigenvalue weighted by atomic mass is 10.2. The molecule has 1 unspecified atom stereocenters. The van der Waals surface area contributed by atoms with Crippen molar-refractivity contribution in [1.29, 1.82) is 0 Å². The number of benzene rings is 1. The number of sulfonamides is 1. The molecule has 0 amide bonds. The third kappa shape index (κ3) is 3.87. The molecule has 2 rings (SSSR count). The standard InChI is InChI=1S/C13H20N2O2S2/c1-14-12-7-2-3-8-13(12)19(16,17)15-10-11-6-4-5-9-18-11/h2-3,7-8,11,14-15H,4-6,9-10H2,1H3. The summed E-state index contributed by atoms with van der Waals surface area (Å²) < 4.78 is 27.3. The minimum atomic E-state index is -3.43. The summed E-state index contributed by atoms with van der Waals surface area (Å²) in [5.74, 6) is 1.14. The molecule has 2 N–H and O–H groups in total. The maximum Gasteiger partial charge on any atom is 0.242 e. The molecule has 1 aliphatic rings. The van der Waals surface area contributed by atoms with Crippen LogP contribution in [-0.2, 0) is 10.0 Å². The fraction of sp³-hybridized carbons (Fsp3) is 0.538. The van der Waals surface area contributed by atoms with Crippen LogP contribution in [0.1, 0.15) is 19.3 Å². The van der Waals surface area contributed by atoms with Crippen molar-refractivity contribution in [2.75, 3.05) is 24.7 Å². The van der Waals surface area contributed by atoms with Crippen molar-refractivity contribution in [2.24, 2.45) is 0 Å². The van der Waals surface area contributed by atoms with Gasteiger partial charge < -0.3 is 5.32 Å². The van der Waals surface area contributed by atoms with E-state index in [0.29, 0.717) is 22.4 Å². The highest BCUT2D eigenvalue weighted by Gasteiger charge is 2.20. The van der Waals surface area contributed by atoms with E-state index in [9.17, 15) is 8.42 Å². The highest BCUT2D eigenvalue weighted by molar-refractivity contribution is 8.00. The Morgan fingerprint density at radius 3 is 2.79 bits per heavy atom. The Kier molecular flexibility index (Phi) is 5.13. The average molecular weight is 300 g/mol. The lowest BCUT2D eigenvalue weighted by Gasteiger charge is -2.21. The maximum atomic E-state index is 12.3. The van der Waals surface area contributed by atoms with Crippen molar-refractivity contribution < 1.29 is 8.42 Å². The zero-order chi connectivity index (χ0) is 13.7. The fourth-order valence-electron chi connectivity index (χ4n) is 2.16. The van der Waals surface area contributed by atoms with Gasteiger partial charge in [-0.1, -0.05) is 18.6 Å². The third-order valence-electron chi connectivity index (χ3n) is 3.22. The van der Waals surface area contributed by atoms with Crippen molar-refractivity contribution in [3.8, 4) is 0 Å². The monoisotopic (exact) mass is 300 g/mol.